The van der Waals surface area contributed by atoms with Crippen LogP contribution in [0, 0.1) is 0 Å². The van der Waals surface area contributed by atoms with Crippen LogP contribution in [0.3, 0.4) is 0 Å². The van der Waals surface area contributed by atoms with E-state index in [1.807, 2.05) is 36.4 Å². The van der Waals surface area contributed by atoms with Crippen molar-refractivity contribution in [1.82, 2.24) is 28.7 Å². The van der Waals surface area contributed by atoms with E-state index in [2.05, 4.69) is 230 Å². The quantitative estimate of drug-likeness (QED) is 0.167. The molecule has 0 unspecified atom stereocenters. The van der Waals surface area contributed by atoms with Gasteiger partial charge in [-0.05, 0) is 116 Å². The molecule has 6 nitrogen and oxygen atoms in total. The Morgan fingerprint density at radius 3 is 1.15 bits per heavy atom. The molecule has 0 N–H and O–H groups in total. The molecule has 0 atom stereocenters. The fraction of sp³-hybridized carbons (Fsp3) is 0.250. The average molecular weight is 967 g/mol. The Morgan fingerprint density at radius 2 is 0.716 bits per heavy atom. The first-order valence-corrected chi connectivity index (χ1v) is 26.3. The van der Waals surface area contributed by atoms with E-state index < -0.39 is 0 Å². The third-order valence-corrected chi connectivity index (χ3v) is 15.4. The van der Waals surface area contributed by atoms with Gasteiger partial charge >= 0.3 is 0 Å². The third-order valence-electron chi connectivity index (χ3n) is 15.4. The van der Waals surface area contributed by atoms with Crippen molar-refractivity contribution in [1.29, 1.82) is 0 Å². The van der Waals surface area contributed by atoms with Crippen LogP contribution >= 0.6 is 0 Å². The first-order chi connectivity index (χ1) is 35.2. The van der Waals surface area contributed by atoms with Crippen LogP contribution in [0.1, 0.15) is 111 Å². The molecule has 12 aromatic rings. The van der Waals surface area contributed by atoms with Gasteiger partial charge in [-0.1, -0.05) is 186 Å². The second kappa shape index (κ2) is 16.9. The van der Waals surface area contributed by atoms with Crippen LogP contribution in [0.2, 0.25) is 0 Å². The molecule has 368 valence electrons. The van der Waals surface area contributed by atoms with Crippen LogP contribution in [0.5, 0.6) is 0 Å². The first-order valence-electron chi connectivity index (χ1n) is 26.3. The minimum atomic E-state index is -0.00216. The van der Waals surface area contributed by atoms with Gasteiger partial charge in [0.2, 0.25) is 5.95 Å². The highest BCUT2D eigenvalue weighted by molar-refractivity contribution is 6.13. The molecule has 0 saturated heterocycles. The lowest BCUT2D eigenvalue weighted by Gasteiger charge is -2.19. The highest BCUT2D eigenvalue weighted by Gasteiger charge is 2.25. The maximum atomic E-state index is 5.40. The van der Waals surface area contributed by atoms with E-state index in [4.69, 9.17) is 15.0 Å². The lowest BCUT2D eigenvalue weighted by Crippen LogP contribution is -2.10. The molecule has 0 aliphatic carbocycles. The van der Waals surface area contributed by atoms with E-state index in [9.17, 15) is 0 Å². The summed E-state index contributed by atoms with van der Waals surface area (Å²) in [7, 11) is 0. The van der Waals surface area contributed by atoms with Crippen LogP contribution in [-0.4, -0.2) is 28.7 Å². The molecule has 0 spiro atoms. The molecule has 0 radical (unpaired) electrons. The number of aromatic nitrogens is 6. The monoisotopic (exact) mass is 967 g/mol. The molecule has 0 fully saturated rings. The summed E-state index contributed by atoms with van der Waals surface area (Å²) in [6.07, 6.45) is 0. The van der Waals surface area contributed by atoms with Crippen LogP contribution < -0.4 is 0 Å². The van der Waals surface area contributed by atoms with Gasteiger partial charge in [-0.15, -0.1) is 0 Å². The summed E-state index contributed by atoms with van der Waals surface area (Å²) in [4.78, 5) is 15.9. The van der Waals surface area contributed by atoms with Gasteiger partial charge < -0.3 is 9.13 Å². The Balaban J connectivity index is 1.12. The van der Waals surface area contributed by atoms with Crippen molar-refractivity contribution in [2.24, 2.45) is 0 Å². The Kier molecular flexibility index (Phi) is 10.8. The average Bonchev–Trinajstić information content (AvgIpc) is 3.99. The van der Waals surface area contributed by atoms with Gasteiger partial charge in [-0.25, -0.2) is 4.98 Å². The summed E-state index contributed by atoms with van der Waals surface area (Å²) >= 11 is 0. The largest absolute Gasteiger partial charge is 0.336 e. The van der Waals surface area contributed by atoms with Crippen LogP contribution in [-0.2, 0) is 28.2 Å². The molecule has 4 aromatic heterocycles. The van der Waals surface area contributed by atoms with E-state index >= 15 is 0 Å². The number of rotatable bonds is 6. The molecule has 0 saturated carbocycles. The minimum Gasteiger partial charge on any atom is -0.336 e. The standard InChI is InChI=1S/C68H66N6/c1-65(2,3)45-24-31-56-52(36-45)53-37-46(66(4,5)6)25-32-57(53)72(56)41-42-23-29-50-51-30-28-49(73-58-33-26-47(67(7,8)9)38-54(58)55-39-48(68(10,11)12)27-34-59(55)73)40-61(51)74(60(50)35-42)64-70-62(43-19-15-13-16-20-43)69-63(71-64)44-21-17-14-18-22-44/h13-40H,41H2,1-12H3. The summed E-state index contributed by atoms with van der Waals surface area (Å²) < 4.78 is 7.25. The Morgan fingerprint density at radius 1 is 0.324 bits per heavy atom. The highest BCUT2D eigenvalue weighted by Crippen LogP contribution is 2.42. The summed E-state index contributed by atoms with van der Waals surface area (Å²) in [5.41, 5.74) is 16.3. The minimum absolute atomic E-state index is 0.00216. The molecule has 0 amide bonds. The van der Waals surface area contributed by atoms with Crippen LogP contribution in [0.15, 0.2) is 170 Å². The van der Waals surface area contributed by atoms with Crippen molar-refractivity contribution in [3.05, 3.63) is 198 Å². The number of hydrogen-bond donors (Lipinski definition) is 0. The van der Waals surface area contributed by atoms with Crippen LogP contribution in [0.4, 0.5) is 0 Å². The van der Waals surface area contributed by atoms with Crippen molar-refractivity contribution in [2.75, 3.05) is 0 Å². The number of fused-ring (bicyclic) bond motifs is 9. The number of hydrogen-bond acceptors (Lipinski definition) is 3. The van der Waals surface area contributed by atoms with Crippen LogP contribution in [0.25, 0.3) is 99.8 Å². The summed E-state index contributed by atoms with van der Waals surface area (Å²) in [6.45, 7) is 28.3. The zero-order chi connectivity index (χ0) is 51.6. The SMILES string of the molecule is CC(C)(C)c1ccc2c(c1)c1cc(C(C)(C)C)ccc1n2Cc1ccc2c3ccc(-n4c5ccc(C(C)(C)C)cc5c5cc(C(C)(C)C)ccc54)cc3n(-c3nc(-c4ccccc4)nc(-c4ccccc4)n3)c2c1. The van der Waals surface area contributed by atoms with Gasteiger partial charge in [0.05, 0.1) is 22.1 Å². The number of benzene rings is 8. The third kappa shape index (κ3) is 8.07. The predicted molar refractivity (Wildman–Crippen MR) is 313 cm³/mol. The maximum Gasteiger partial charge on any atom is 0.238 e. The normalized spacial score (nSPS) is 12.9. The zero-order valence-corrected chi connectivity index (χ0v) is 45.1. The topological polar surface area (TPSA) is 53.5 Å². The van der Waals surface area contributed by atoms with Crippen molar-refractivity contribution >= 4 is 65.4 Å². The molecule has 0 aliphatic heterocycles. The zero-order valence-electron chi connectivity index (χ0n) is 45.1. The van der Waals surface area contributed by atoms with Crippen molar-refractivity contribution < 1.29 is 0 Å². The highest BCUT2D eigenvalue weighted by atomic mass is 15.2. The van der Waals surface area contributed by atoms with Crippen molar-refractivity contribution in [2.45, 2.75) is 111 Å². The van der Waals surface area contributed by atoms with Gasteiger partial charge in [-0.2, -0.15) is 9.97 Å². The number of nitrogens with zero attached hydrogens (tertiary/aromatic N) is 6. The summed E-state index contributed by atoms with van der Waals surface area (Å²) in [6, 6.07) is 62.8. The second-order valence-corrected chi connectivity index (χ2v) is 24.8. The van der Waals surface area contributed by atoms with E-state index in [0.29, 0.717) is 24.1 Å². The molecule has 4 heterocycles. The molecule has 0 aliphatic rings. The predicted octanol–water partition coefficient (Wildman–Crippen LogP) is 17.7. The fourth-order valence-electron chi connectivity index (χ4n) is 11.0. The van der Waals surface area contributed by atoms with Gasteiger partial charge in [0.1, 0.15) is 0 Å². The van der Waals surface area contributed by atoms with Gasteiger partial charge in [0.25, 0.3) is 0 Å². The van der Waals surface area contributed by atoms with Gasteiger partial charge in [-0.3, -0.25) is 4.57 Å². The Labute approximate surface area is 435 Å². The molecule has 6 heteroatoms. The van der Waals surface area contributed by atoms with Gasteiger partial charge in [0, 0.05) is 66.7 Å². The van der Waals surface area contributed by atoms with E-state index in [1.165, 1.54) is 71.4 Å². The summed E-state index contributed by atoms with van der Waals surface area (Å²) in [5, 5.41) is 7.37. The molecule has 8 aromatic carbocycles. The summed E-state index contributed by atoms with van der Waals surface area (Å²) in [5.74, 6) is 1.82. The fourth-order valence-corrected chi connectivity index (χ4v) is 11.0. The smallest absolute Gasteiger partial charge is 0.238 e. The molecule has 0 bridgehead atoms. The van der Waals surface area contributed by atoms with E-state index in [0.717, 1.165) is 38.6 Å². The maximum absolute atomic E-state index is 5.40. The molecule has 12 rings (SSSR count). The van der Waals surface area contributed by atoms with E-state index in [-0.39, 0.29) is 21.7 Å². The van der Waals surface area contributed by atoms with Gasteiger partial charge in [0.15, 0.2) is 11.6 Å². The lowest BCUT2D eigenvalue weighted by molar-refractivity contribution is 0.590. The Bertz CT molecular complexity index is 3980. The molecular weight excluding hydrogens is 901 g/mol. The van der Waals surface area contributed by atoms with Crippen molar-refractivity contribution in [3.8, 4) is 34.4 Å². The Hall–Kier alpha value is -7.83. The molecule has 74 heavy (non-hydrogen) atoms. The first kappa shape index (κ1) is 47.2. The lowest BCUT2D eigenvalue weighted by atomic mass is 9.85. The molecular formula is C68H66N6. The van der Waals surface area contributed by atoms with Crippen molar-refractivity contribution in [3.63, 3.8) is 0 Å². The van der Waals surface area contributed by atoms with E-state index in [1.54, 1.807) is 0 Å². The second-order valence-electron chi connectivity index (χ2n) is 24.8.